The fraction of sp³-hybridized carbons (Fsp3) is 0.278. The highest BCUT2D eigenvalue weighted by atomic mass is 19.3. The summed E-state index contributed by atoms with van der Waals surface area (Å²) in [5, 5.41) is 0. The zero-order valence-electron chi connectivity index (χ0n) is 25.2. The van der Waals surface area contributed by atoms with Gasteiger partial charge < -0.3 is 14.2 Å². The minimum atomic E-state index is -4.64. The summed E-state index contributed by atoms with van der Waals surface area (Å²) in [6.45, 7) is 6.18. The van der Waals surface area contributed by atoms with Crippen molar-refractivity contribution in [2.75, 3.05) is 13.2 Å². The second-order valence-corrected chi connectivity index (χ2v) is 11.2. The molecule has 3 nitrogen and oxygen atoms in total. The summed E-state index contributed by atoms with van der Waals surface area (Å²) in [4.78, 5) is 0. The fourth-order valence-electron chi connectivity index (χ4n) is 5.41. The van der Waals surface area contributed by atoms with Gasteiger partial charge >= 0.3 is 6.11 Å². The smallest absolute Gasteiger partial charge is 0.429 e. The van der Waals surface area contributed by atoms with Gasteiger partial charge in [0.25, 0.3) is 0 Å². The molecular weight excluding hydrogens is 632 g/mol. The third-order valence-electron chi connectivity index (χ3n) is 7.79. The Morgan fingerprint density at radius 2 is 1.32 bits per heavy atom. The lowest BCUT2D eigenvalue weighted by molar-refractivity contribution is -0.205. The van der Waals surface area contributed by atoms with E-state index in [2.05, 4.69) is 11.3 Å². The van der Waals surface area contributed by atoms with Gasteiger partial charge in [-0.25, -0.2) is 26.3 Å². The van der Waals surface area contributed by atoms with Gasteiger partial charge in [-0.15, -0.1) is 6.58 Å². The fourth-order valence-corrected chi connectivity index (χ4v) is 5.41. The summed E-state index contributed by atoms with van der Waals surface area (Å²) in [5.41, 5.74) is -2.75. The Kier molecular flexibility index (Phi) is 10.4. The second-order valence-electron chi connectivity index (χ2n) is 11.2. The minimum Gasteiger partial charge on any atom is -0.429 e. The largest absolute Gasteiger partial charge is 0.432 e. The summed E-state index contributed by atoms with van der Waals surface area (Å²) in [7, 11) is 0. The molecule has 0 N–H and O–H groups in total. The number of allylic oxidation sites excluding steroid dienone is 1. The first-order chi connectivity index (χ1) is 22.4. The van der Waals surface area contributed by atoms with Crippen molar-refractivity contribution in [2.24, 2.45) is 5.92 Å². The van der Waals surface area contributed by atoms with Crippen LogP contribution >= 0.6 is 0 Å². The first kappa shape index (κ1) is 34.1. The Morgan fingerprint density at radius 3 is 1.85 bits per heavy atom. The highest BCUT2D eigenvalue weighted by molar-refractivity contribution is 5.67. The van der Waals surface area contributed by atoms with E-state index in [0.717, 1.165) is 43.2 Å². The van der Waals surface area contributed by atoms with Gasteiger partial charge in [-0.2, -0.15) is 8.78 Å². The second kappa shape index (κ2) is 14.3. The molecule has 4 aromatic rings. The van der Waals surface area contributed by atoms with Crippen LogP contribution in [0.15, 0.2) is 73.3 Å². The van der Waals surface area contributed by atoms with E-state index < -0.39 is 58.6 Å². The highest BCUT2D eigenvalue weighted by Crippen LogP contribution is 2.39. The maximum atomic E-state index is 15.1. The summed E-state index contributed by atoms with van der Waals surface area (Å²) in [6.07, 6.45) is -1.49. The van der Waals surface area contributed by atoms with E-state index in [4.69, 9.17) is 9.47 Å². The predicted molar refractivity (Wildman–Crippen MR) is 160 cm³/mol. The Balaban J connectivity index is 1.33. The molecule has 0 aliphatic carbocycles. The predicted octanol–water partition coefficient (Wildman–Crippen LogP) is 10.6. The summed E-state index contributed by atoms with van der Waals surface area (Å²) < 4.78 is 135. The maximum absolute atomic E-state index is 15.1. The lowest BCUT2D eigenvalue weighted by Gasteiger charge is -2.29. The van der Waals surface area contributed by atoms with E-state index in [1.165, 1.54) is 12.1 Å². The Morgan fingerprint density at radius 1 is 0.766 bits per heavy atom. The molecule has 0 amide bonds. The van der Waals surface area contributed by atoms with E-state index >= 15 is 22.0 Å². The summed E-state index contributed by atoms with van der Waals surface area (Å²) in [5.74, 6) is -7.99. The van der Waals surface area contributed by atoms with Gasteiger partial charge in [-0.1, -0.05) is 31.6 Å². The van der Waals surface area contributed by atoms with E-state index in [1.807, 2.05) is 0 Å². The van der Waals surface area contributed by atoms with Gasteiger partial charge in [0.15, 0.2) is 6.29 Å². The monoisotopic (exact) mass is 662 g/mol. The molecule has 0 bridgehead atoms. The van der Waals surface area contributed by atoms with Crippen LogP contribution in [0.2, 0.25) is 0 Å². The summed E-state index contributed by atoms with van der Waals surface area (Å²) in [6, 6.07) is 8.95. The molecule has 4 aromatic carbocycles. The lowest BCUT2D eigenvalue weighted by atomic mass is 9.99. The molecule has 1 aliphatic heterocycles. The average Bonchev–Trinajstić information content (AvgIpc) is 3.01. The first-order valence-corrected chi connectivity index (χ1v) is 14.9. The minimum absolute atomic E-state index is 0.125. The third-order valence-corrected chi connectivity index (χ3v) is 7.79. The van der Waals surface area contributed by atoms with Gasteiger partial charge in [-0.3, -0.25) is 0 Å². The zero-order chi connectivity index (χ0) is 33.9. The number of benzene rings is 4. The quantitative estimate of drug-likeness (QED) is 0.118. The van der Waals surface area contributed by atoms with Crippen molar-refractivity contribution < 1.29 is 49.3 Å². The number of halogens is 8. The van der Waals surface area contributed by atoms with Gasteiger partial charge in [-0.05, 0) is 72.9 Å². The van der Waals surface area contributed by atoms with Crippen LogP contribution in [-0.4, -0.2) is 13.2 Å². The van der Waals surface area contributed by atoms with E-state index in [-0.39, 0.29) is 40.2 Å². The number of alkyl halides is 2. The Labute approximate surface area is 266 Å². The van der Waals surface area contributed by atoms with Crippen LogP contribution in [0.1, 0.15) is 49.2 Å². The normalized spacial score (nSPS) is 16.7. The first-order valence-electron chi connectivity index (χ1n) is 14.9. The molecule has 248 valence electrons. The maximum Gasteiger partial charge on any atom is 0.432 e. The van der Waals surface area contributed by atoms with Crippen LogP contribution in [-0.2, 0) is 22.0 Å². The van der Waals surface area contributed by atoms with E-state index in [0.29, 0.717) is 43.4 Å². The molecule has 0 unspecified atom stereocenters. The van der Waals surface area contributed by atoms with E-state index in [1.54, 1.807) is 13.0 Å². The van der Waals surface area contributed by atoms with Gasteiger partial charge in [0, 0.05) is 34.2 Å². The van der Waals surface area contributed by atoms with Crippen LogP contribution < -0.4 is 4.74 Å². The molecule has 1 aliphatic rings. The van der Waals surface area contributed by atoms with E-state index in [9.17, 15) is 13.2 Å². The van der Waals surface area contributed by atoms with Crippen molar-refractivity contribution in [1.82, 2.24) is 0 Å². The number of rotatable bonds is 11. The molecule has 0 spiro atoms. The molecule has 11 heteroatoms. The number of hydrogen-bond acceptors (Lipinski definition) is 3. The Hall–Kier alpha value is -4.22. The molecule has 1 saturated heterocycles. The highest BCUT2D eigenvalue weighted by Gasteiger charge is 2.41. The van der Waals surface area contributed by atoms with Crippen LogP contribution in [0.5, 0.6) is 5.75 Å². The lowest BCUT2D eigenvalue weighted by Crippen LogP contribution is -2.27. The Bertz CT molecular complexity index is 1720. The molecule has 0 atom stereocenters. The number of ether oxygens (including phenoxy) is 3. The molecule has 1 heterocycles. The number of hydrogen-bond donors (Lipinski definition) is 0. The van der Waals surface area contributed by atoms with Gasteiger partial charge in [0.2, 0.25) is 0 Å². The van der Waals surface area contributed by atoms with Crippen molar-refractivity contribution in [3.8, 4) is 28.0 Å². The van der Waals surface area contributed by atoms with Crippen molar-refractivity contribution in [1.29, 1.82) is 0 Å². The third kappa shape index (κ3) is 7.52. The van der Waals surface area contributed by atoms with Crippen LogP contribution in [0.25, 0.3) is 22.3 Å². The SMILES string of the molecule is C=CCCC1COC(c2ccc(-c3cc(F)c(C(F)(F)Oc4ccc(-c5cc(F)c(CCC)c(F)c5)c(F)c4)c(F)c3)c(F)c2)OC1. The molecule has 47 heavy (non-hydrogen) atoms. The van der Waals surface area contributed by atoms with Crippen LogP contribution in [0, 0.1) is 40.8 Å². The molecule has 0 radical (unpaired) electrons. The van der Waals surface area contributed by atoms with Crippen molar-refractivity contribution in [3.05, 3.63) is 125 Å². The van der Waals surface area contributed by atoms with Gasteiger partial charge in [0.05, 0.1) is 13.2 Å². The van der Waals surface area contributed by atoms with Gasteiger partial charge in [0.1, 0.15) is 46.2 Å². The standard InChI is InChI=1S/C36H30F8O3/c1-3-5-7-20-18-45-35(46-19-20)21-8-10-25(28(37)12-21)23-15-32(41)34(33(42)16-23)36(43,44)47-24-9-11-26(31(40)17-24)22-13-29(38)27(6-4-2)30(39)14-22/h3,8-17,20,35H,1,4-7,18-19H2,2H3. The van der Waals surface area contributed by atoms with Crippen molar-refractivity contribution in [3.63, 3.8) is 0 Å². The molecule has 0 saturated carbocycles. The zero-order valence-corrected chi connectivity index (χ0v) is 25.2. The molecular formula is C36H30F8O3. The molecule has 5 rings (SSSR count). The summed E-state index contributed by atoms with van der Waals surface area (Å²) >= 11 is 0. The van der Waals surface area contributed by atoms with Crippen molar-refractivity contribution in [2.45, 2.75) is 45.0 Å². The van der Waals surface area contributed by atoms with Crippen molar-refractivity contribution >= 4 is 0 Å². The van der Waals surface area contributed by atoms with Crippen LogP contribution in [0.4, 0.5) is 35.1 Å². The average molecular weight is 663 g/mol. The molecule has 0 aromatic heterocycles. The topological polar surface area (TPSA) is 27.7 Å². The van der Waals surface area contributed by atoms with Crippen LogP contribution in [0.3, 0.4) is 0 Å². The molecule has 1 fully saturated rings.